The van der Waals surface area contributed by atoms with Gasteiger partial charge in [-0.1, -0.05) is 17.7 Å². The highest BCUT2D eigenvalue weighted by Gasteiger charge is 2.36. The summed E-state index contributed by atoms with van der Waals surface area (Å²) >= 11 is 5.89. The lowest BCUT2D eigenvalue weighted by molar-refractivity contribution is 0.177. The number of hydrogen-bond donors (Lipinski definition) is 2. The third-order valence-corrected chi connectivity index (χ3v) is 6.09. The van der Waals surface area contributed by atoms with Crippen molar-refractivity contribution < 1.29 is 13.2 Å². The smallest absolute Gasteiger partial charge is 0.261 e. The van der Waals surface area contributed by atoms with Crippen LogP contribution in [-0.4, -0.2) is 27.6 Å². The minimum absolute atomic E-state index is 0.133. The number of hydrogen-bond acceptors (Lipinski definition) is 4. The van der Waals surface area contributed by atoms with Crippen LogP contribution < -0.4 is 14.8 Å². The van der Waals surface area contributed by atoms with Crippen molar-refractivity contribution in [3.63, 3.8) is 0 Å². The average Bonchev–Trinajstić information content (AvgIpc) is 2.93. The molecule has 2 atom stereocenters. The predicted octanol–water partition coefficient (Wildman–Crippen LogP) is 2.98. The first-order valence-electron chi connectivity index (χ1n) is 7.83. The van der Waals surface area contributed by atoms with E-state index in [1.807, 2.05) is 12.1 Å². The van der Waals surface area contributed by atoms with E-state index in [0.29, 0.717) is 16.6 Å². The summed E-state index contributed by atoms with van der Waals surface area (Å²) in [5, 5.41) is 3.71. The fourth-order valence-electron chi connectivity index (χ4n) is 3.33. The first kappa shape index (κ1) is 15.7. The van der Waals surface area contributed by atoms with Crippen molar-refractivity contribution in [2.45, 2.75) is 23.3 Å². The summed E-state index contributed by atoms with van der Waals surface area (Å²) in [6, 6.07) is 11.7. The molecule has 7 heteroatoms. The van der Waals surface area contributed by atoms with E-state index in [4.69, 9.17) is 16.3 Å². The maximum atomic E-state index is 12.5. The molecule has 2 unspecified atom stereocenters. The Hall–Kier alpha value is -1.76. The predicted molar refractivity (Wildman–Crippen MR) is 93.3 cm³/mol. The quantitative estimate of drug-likeness (QED) is 0.878. The van der Waals surface area contributed by atoms with Gasteiger partial charge in [0.15, 0.2) is 0 Å². The molecule has 2 aromatic carbocycles. The molecule has 0 saturated carbocycles. The number of benzene rings is 2. The van der Waals surface area contributed by atoms with Gasteiger partial charge in [0, 0.05) is 28.7 Å². The van der Waals surface area contributed by atoms with Crippen LogP contribution in [0.15, 0.2) is 47.4 Å². The van der Waals surface area contributed by atoms with Crippen LogP contribution in [0.2, 0.25) is 5.02 Å². The summed E-state index contributed by atoms with van der Waals surface area (Å²) in [4.78, 5) is 0.145. The summed E-state index contributed by atoms with van der Waals surface area (Å²) < 4.78 is 33.6. The van der Waals surface area contributed by atoms with E-state index in [1.165, 1.54) is 12.1 Å². The van der Waals surface area contributed by atoms with Gasteiger partial charge in [0.2, 0.25) is 0 Å². The van der Waals surface area contributed by atoms with Crippen molar-refractivity contribution in [2.75, 3.05) is 17.8 Å². The number of nitrogens with one attached hydrogen (secondary N) is 2. The van der Waals surface area contributed by atoms with Gasteiger partial charge in [-0.05, 0) is 49.4 Å². The number of sulfonamides is 1. The van der Waals surface area contributed by atoms with Gasteiger partial charge in [-0.15, -0.1) is 0 Å². The molecule has 5 nitrogen and oxygen atoms in total. The third-order valence-electron chi connectivity index (χ3n) is 4.47. The maximum Gasteiger partial charge on any atom is 0.261 e. The maximum absolute atomic E-state index is 12.5. The number of halogens is 1. The molecule has 0 aromatic heterocycles. The zero-order valence-electron chi connectivity index (χ0n) is 12.8. The molecule has 1 fully saturated rings. The van der Waals surface area contributed by atoms with Crippen LogP contribution in [0.25, 0.3) is 0 Å². The second-order valence-electron chi connectivity index (χ2n) is 6.07. The highest BCUT2D eigenvalue weighted by molar-refractivity contribution is 7.92. The Morgan fingerprint density at radius 2 is 2.08 bits per heavy atom. The van der Waals surface area contributed by atoms with Gasteiger partial charge >= 0.3 is 0 Å². The Bertz CT molecular complexity index is 885. The largest absolute Gasteiger partial charge is 0.488 e. The van der Waals surface area contributed by atoms with E-state index < -0.39 is 10.0 Å². The highest BCUT2D eigenvalue weighted by atomic mass is 35.5. The van der Waals surface area contributed by atoms with Crippen LogP contribution >= 0.6 is 11.6 Å². The Morgan fingerprint density at radius 3 is 2.92 bits per heavy atom. The first-order chi connectivity index (χ1) is 11.5. The fraction of sp³-hybridized carbons (Fsp3) is 0.294. The molecule has 2 aliphatic heterocycles. The van der Waals surface area contributed by atoms with Crippen molar-refractivity contribution >= 4 is 27.3 Å². The molecule has 0 aliphatic carbocycles. The van der Waals surface area contributed by atoms with Gasteiger partial charge < -0.3 is 10.1 Å². The normalized spacial score (nSPS) is 22.4. The van der Waals surface area contributed by atoms with E-state index in [1.54, 1.807) is 18.2 Å². The Balaban J connectivity index is 1.62. The van der Waals surface area contributed by atoms with E-state index in [-0.39, 0.29) is 11.0 Å². The molecule has 2 aliphatic rings. The summed E-state index contributed by atoms with van der Waals surface area (Å²) in [6.45, 7) is 1.77. The Morgan fingerprint density at radius 1 is 1.21 bits per heavy atom. The highest BCUT2D eigenvalue weighted by Crippen LogP contribution is 2.42. The zero-order chi connectivity index (χ0) is 16.7. The fourth-order valence-corrected chi connectivity index (χ4v) is 4.68. The summed E-state index contributed by atoms with van der Waals surface area (Å²) in [6.07, 6.45) is 1.12. The van der Waals surface area contributed by atoms with E-state index >= 15 is 0 Å². The molecule has 1 saturated heterocycles. The second-order valence-corrected chi connectivity index (χ2v) is 8.19. The number of fused-ring (bicyclic) bond motifs is 3. The van der Waals surface area contributed by atoms with Gasteiger partial charge in [-0.3, -0.25) is 4.72 Å². The SMILES string of the molecule is O=S(=O)(Nc1ccc2c(c1)C1CCNCC1O2)c1cccc(Cl)c1. The standard InChI is InChI=1S/C17H17ClN2O3S/c18-11-2-1-3-13(8-11)24(21,22)20-12-4-5-16-15(9-12)14-6-7-19-10-17(14)23-16/h1-5,8-9,14,17,19-20H,6-7,10H2. The molecule has 0 bridgehead atoms. The summed E-state index contributed by atoms with van der Waals surface area (Å²) in [5.74, 6) is 1.16. The van der Waals surface area contributed by atoms with Crippen LogP contribution in [0.1, 0.15) is 17.9 Å². The van der Waals surface area contributed by atoms with Crippen molar-refractivity contribution in [2.24, 2.45) is 0 Å². The van der Waals surface area contributed by atoms with Crippen LogP contribution in [0.4, 0.5) is 5.69 Å². The minimum atomic E-state index is -3.67. The molecule has 0 radical (unpaired) electrons. The molecular formula is C17H17ClN2O3S. The monoisotopic (exact) mass is 364 g/mol. The first-order valence-corrected chi connectivity index (χ1v) is 9.69. The van der Waals surface area contributed by atoms with Gasteiger partial charge in [0.1, 0.15) is 11.9 Å². The molecule has 126 valence electrons. The molecule has 24 heavy (non-hydrogen) atoms. The lowest BCUT2D eigenvalue weighted by atomic mass is 9.89. The molecular weight excluding hydrogens is 348 g/mol. The summed E-state index contributed by atoms with van der Waals surface area (Å²) in [5.41, 5.74) is 1.62. The molecule has 4 rings (SSSR count). The van der Waals surface area contributed by atoms with E-state index in [2.05, 4.69) is 10.0 Å². The number of ether oxygens (including phenoxy) is 1. The Labute approximate surface area is 146 Å². The van der Waals surface area contributed by atoms with Crippen LogP contribution in [0.5, 0.6) is 5.75 Å². The zero-order valence-corrected chi connectivity index (χ0v) is 14.4. The molecule has 0 amide bonds. The lowest BCUT2D eigenvalue weighted by Crippen LogP contribution is -2.39. The topological polar surface area (TPSA) is 67.4 Å². The molecule has 0 spiro atoms. The summed E-state index contributed by atoms with van der Waals surface area (Å²) in [7, 11) is -3.67. The second kappa shape index (κ2) is 5.95. The van der Waals surface area contributed by atoms with E-state index in [0.717, 1.165) is 30.8 Å². The van der Waals surface area contributed by atoms with Crippen molar-refractivity contribution in [1.29, 1.82) is 0 Å². The third kappa shape index (κ3) is 2.85. The van der Waals surface area contributed by atoms with Crippen LogP contribution in [0.3, 0.4) is 0 Å². The molecule has 2 heterocycles. The van der Waals surface area contributed by atoms with Crippen LogP contribution in [-0.2, 0) is 10.0 Å². The van der Waals surface area contributed by atoms with Crippen molar-refractivity contribution in [3.05, 3.63) is 53.1 Å². The molecule has 2 aromatic rings. The van der Waals surface area contributed by atoms with Gasteiger partial charge in [-0.25, -0.2) is 8.42 Å². The minimum Gasteiger partial charge on any atom is -0.488 e. The lowest BCUT2D eigenvalue weighted by Gasteiger charge is -2.24. The van der Waals surface area contributed by atoms with E-state index in [9.17, 15) is 8.42 Å². The average molecular weight is 365 g/mol. The van der Waals surface area contributed by atoms with Crippen molar-refractivity contribution in [1.82, 2.24) is 5.32 Å². The van der Waals surface area contributed by atoms with Crippen LogP contribution in [0, 0.1) is 0 Å². The number of piperidine rings is 1. The van der Waals surface area contributed by atoms with Gasteiger partial charge in [0.25, 0.3) is 10.0 Å². The van der Waals surface area contributed by atoms with Gasteiger partial charge in [0.05, 0.1) is 4.90 Å². The Kier molecular flexibility index (Phi) is 3.90. The van der Waals surface area contributed by atoms with Crippen molar-refractivity contribution in [3.8, 4) is 5.75 Å². The molecule has 2 N–H and O–H groups in total. The number of anilines is 1. The number of rotatable bonds is 3. The van der Waals surface area contributed by atoms with Gasteiger partial charge in [-0.2, -0.15) is 0 Å².